The molecule has 0 spiro atoms. The second-order valence-corrected chi connectivity index (χ2v) is 7.72. The van der Waals surface area contributed by atoms with Crippen LogP contribution in [0.15, 0.2) is 91.0 Å². The van der Waals surface area contributed by atoms with Crippen molar-refractivity contribution in [2.75, 3.05) is 0 Å². The molecule has 0 saturated carbocycles. The number of unbranched alkanes of at least 4 members (excludes halogenated alkanes) is 1. The van der Waals surface area contributed by atoms with Gasteiger partial charge in [0, 0.05) is 6.42 Å². The maximum atomic E-state index is 14.0. The maximum Gasteiger partial charge on any atom is 0.152 e. The molecule has 0 aliphatic carbocycles. The van der Waals surface area contributed by atoms with Gasteiger partial charge in [-0.25, -0.2) is 0 Å². The van der Waals surface area contributed by atoms with E-state index in [4.69, 9.17) is 0 Å². The third-order valence-corrected chi connectivity index (χ3v) is 5.62. The topological polar surface area (TPSA) is 17.1 Å². The van der Waals surface area contributed by atoms with Crippen molar-refractivity contribution in [3.63, 3.8) is 0 Å². The van der Waals surface area contributed by atoms with Crippen molar-refractivity contribution in [3.8, 4) is 0 Å². The molecule has 3 aromatic carbocycles. The number of hydrogen-bond acceptors (Lipinski definition) is 1. The lowest BCUT2D eigenvalue weighted by Crippen LogP contribution is -2.39. The molecule has 3 rings (SSSR count). The molecule has 3 aromatic rings. The molecule has 0 radical (unpaired) electrons. The van der Waals surface area contributed by atoms with Gasteiger partial charge >= 0.3 is 0 Å². The van der Waals surface area contributed by atoms with E-state index >= 15 is 0 Å². The van der Waals surface area contributed by atoms with E-state index in [0.29, 0.717) is 12.3 Å². The zero-order valence-corrected chi connectivity index (χ0v) is 17.0. The number of hydrogen-bond donors (Lipinski definition) is 0. The maximum absolute atomic E-state index is 14.0. The van der Waals surface area contributed by atoms with Gasteiger partial charge in [0.1, 0.15) is 5.41 Å². The minimum Gasteiger partial charge on any atom is -0.298 e. The summed E-state index contributed by atoms with van der Waals surface area (Å²) in [5.41, 5.74) is 2.35. The Balaban J connectivity index is 2.18. The Morgan fingerprint density at radius 2 is 1.14 bits per heavy atom. The highest BCUT2D eigenvalue weighted by molar-refractivity contribution is 5.97. The van der Waals surface area contributed by atoms with Crippen LogP contribution in [0.1, 0.15) is 56.2 Å². The van der Waals surface area contributed by atoms with Crippen LogP contribution in [0.3, 0.4) is 0 Å². The molecule has 0 bridgehead atoms. The normalized spacial score (nSPS) is 12.5. The molecule has 28 heavy (non-hydrogen) atoms. The molecule has 1 unspecified atom stereocenters. The standard InChI is InChI=1S/C27H30O/c1-3-4-14-22(2)21-26(28)27(23-15-8-5-9-16-23,24-17-10-6-11-18-24)25-19-12-7-13-20-25/h5-13,15-20,22H,3-4,14,21H2,1-2H3. The zero-order chi connectivity index (χ0) is 19.8. The molecule has 0 amide bonds. The molecule has 0 fully saturated rings. The van der Waals surface area contributed by atoms with E-state index in [-0.39, 0.29) is 5.78 Å². The predicted octanol–water partition coefficient (Wildman–Crippen LogP) is 6.81. The molecule has 0 heterocycles. The molecule has 0 aliphatic rings. The molecule has 0 aliphatic heterocycles. The first kappa shape index (κ1) is 20.1. The summed E-state index contributed by atoms with van der Waals surface area (Å²) in [5.74, 6) is 0.655. The lowest BCUT2D eigenvalue weighted by Gasteiger charge is -2.35. The number of benzene rings is 3. The van der Waals surface area contributed by atoms with E-state index in [1.165, 1.54) is 12.8 Å². The minimum absolute atomic E-state index is 0.278. The van der Waals surface area contributed by atoms with Crippen LogP contribution in [0, 0.1) is 5.92 Å². The predicted molar refractivity (Wildman–Crippen MR) is 118 cm³/mol. The van der Waals surface area contributed by atoms with Crippen molar-refractivity contribution < 1.29 is 4.79 Å². The molecule has 1 atom stereocenters. The lowest BCUT2D eigenvalue weighted by atomic mass is 9.65. The number of carbonyl (C=O) groups is 1. The first-order chi connectivity index (χ1) is 13.7. The van der Waals surface area contributed by atoms with E-state index in [1.807, 2.05) is 54.6 Å². The van der Waals surface area contributed by atoms with Gasteiger partial charge in [0.15, 0.2) is 5.78 Å². The van der Waals surface area contributed by atoms with Crippen molar-refractivity contribution in [3.05, 3.63) is 108 Å². The Kier molecular flexibility index (Phi) is 6.81. The number of ketones is 1. The third-order valence-electron chi connectivity index (χ3n) is 5.62. The van der Waals surface area contributed by atoms with Crippen molar-refractivity contribution in [1.82, 2.24) is 0 Å². The smallest absolute Gasteiger partial charge is 0.152 e. The number of carbonyl (C=O) groups excluding carboxylic acids is 1. The largest absolute Gasteiger partial charge is 0.298 e. The molecule has 144 valence electrons. The van der Waals surface area contributed by atoms with Gasteiger partial charge in [0.25, 0.3) is 0 Å². The minimum atomic E-state index is -0.774. The van der Waals surface area contributed by atoms with E-state index in [0.717, 1.165) is 23.1 Å². The SMILES string of the molecule is CCCCC(C)CC(=O)C(c1ccccc1)(c1ccccc1)c1ccccc1. The first-order valence-corrected chi connectivity index (χ1v) is 10.4. The summed E-state index contributed by atoms with van der Waals surface area (Å²) in [7, 11) is 0. The van der Waals surface area contributed by atoms with Gasteiger partial charge in [-0.2, -0.15) is 0 Å². The van der Waals surface area contributed by atoms with Gasteiger partial charge < -0.3 is 0 Å². The van der Waals surface area contributed by atoms with E-state index in [2.05, 4.69) is 50.2 Å². The van der Waals surface area contributed by atoms with E-state index < -0.39 is 5.41 Å². The van der Waals surface area contributed by atoms with Crippen LogP contribution in [0.5, 0.6) is 0 Å². The second-order valence-electron chi connectivity index (χ2n) is 7.72. The number of rotatable bonds is 9. The monoisotopic (exact) mass is 370 g/mol. The van der Waals surface area contributed by atoms with Crippen LogP contribution in [0.4, 0.5) is 0 Å². The van der Waals surface area contributed by atoms with E-state index in [9.17, 15) is 4.79 Å². The number of Topliss-reactive ketones (excluding diaryl/α,β-unsaturated/α-hetero) is 1. The molecule has 0 aromatic heterocycles. The summed E-state index contributed by atoms with van der Waals surface area (Å²) >= 11 is 0. The van der Waals surface area contributed by atoms with Crippen molar-refractivity contribution in [2.45, 2.75) is 44.9 Å². The van der Waals surface area contributed by atoms with Crippen molar-refractivity contribution in [1.29, 1.82) is 0 Å². The molecule has 0 saturated heterocycles. The van der Waals surface area contributed by atoms with Gasteiger partial charge in [-0.05, 0) is 22.6 Å². The fraction of sp³-hybridized carbons (Fsp3) is 0.296. The third kappa shape index (κ3) is 4.09. The molecular weight excluding hydrogens is 340 g/mol. The molecule has 0 N–H and O–H groups in total. The van der Waals surface area contributed by atoms with Crippen LogP contribution < -0.4 is 0 Å². The van der Waals surface area contributed by atoms with Gasteiger partial charge in [-0.3, -0.25) is 4.79 Å². The van der Waals surface area contributed by atoms with Gasteiger partial charge in [0.2, 0.25) is 0 Å². The Morgan fingerprint density at radius 1 is 0.750 bits per heavy atom. The second kappa shape index (κ2) is 9.50. The highest BCUT2D eigenvalue weighted by Crippen LogP contribution is 2.41. The summed E-state index contributed by atoms with van der Waals surface area (Å²) in [6.07, 6.45) is 4.01. The summed E-state index contributed by atoms with van der Waals surface area (Å²) in [5, 5.41) is 0. The van der Waals surface area contributed by atoms with Gasteiger partial charge in [-0.15, -0.1) is 0 Å². The summed E-state index contributed by atoms with van der Waals surface area (Å²) in [4.78, 5) is 14.0. The van der Waals surface area contributed by atoms with Crippen LogP contribution >= 0.6 is 0 Å². The van der Waals surface area contributed by atoms with Crippen LogP contribution in [0.2, 0.25) is 0 Å². The average molecular weight is 371 g/mol. The Labute approximate surface area is 169 Å². The highest BCUT2D eigenvalue weighted by Gasteiger charge is 2.43. The van der Waals surface area contributed by atoms with Crippen molar-refractivity contribution >= 4 is 5.78 Å². The van der Waals surface area contributed by atoms with Gasteiger partial charge in [0.05, 0.1) is 0 Å². The Bertz CT molecular complexity index is 756. The fourth-order valence-electron chi connectivity index (χ4n) is 4.17. The average Bonchev–Trinajstić information content (AvgIpc) is 2.75. The summed E-state index contributed by atoms with van der Waals surface area (Å²) in [6.45, 7) is 4.41. The summed E-state index contributed by atoms with van der Waals surface area (Å²) in [6, 6.07) is 30.8. The Hall–Kier alpha value is -2.67. The van der Waals surface area contributed by atoms with Crippen LogP contribution in [-0.4, -0.2) is 5.78 Å². The lowest BCUT2D eigenvalue weighted by molar-refractivity contribution is -0.122. The Morgan fingerprint density at radius 3 is 1.50 bits per heavy atom. The highest BCUT2D eigenvalue weighted by atomic mass is 16.1. The first-order valence-electron chi connectivity index (χ1n) is 10.4. The molecule has 1 heteroatoms. The fourth-order valence-corrected chi connectivity index (χ4v) is 4.17. The zero-order valence-electron chi connectivity index (χ0n) is 17.0. The quantitative estimate of drug-likeness (QED) is 0.378. The molecule has 1 nitrogen and oxygen atoms in total. The van der Waals surface area contributed by atoms with Crippen LogP contribution in [-0.2, 0) is 10.2 Å². The van der Waals surface area contributed by atoms with Crippen LogP contribution in [0.25, 0.3) is 0 Å². The summed E-state index contributed by atoms with van der Waals surface area (Å²) < 4.78 is 0. The van der Waals surface area contributed by atoms with E-state index in [1.54, 1.807) is 0 Å². The molecular formula is C27H30O. The van der Waals surface area contributed by atoms with Crippen molar-refractivity contribution in [2.24, 2.45) is 5.92 Å². The van der Waals surface area contributed by atoms with Gasteiger partial charge in [-0.1, -0.05) is 124 Å².